The van der Waals surface area contributed by atoms with E-state index < -0.39 is 0 Å². The summed E-state index contributed by atoms with van der Waals surface area (Å²) in [6, 6.07) is 24.9. The van der Waals surface area contributed by atoms with Gasteiger partial charge in [-0.25, -0.2) is 0 Å². The highest BCUT2D eigenvalue weighted by atomic mass is 32.2. The summed E-state index contributed by atoms with van der Waals surface area (Å²) in [6.45, 7) is 4.22. The van der Waals surface area contributed by atoms with E-state index in [9.17, 15) is 0 Å². The van der Waals surface area contributed by atoms with Gasteiger partial charge in [0.05, 0.1) is 12.8 Å². The Labute approximate surface area is 175 Å². The number of hydrogen-bond donors (Lipinski definition) is 0. The van der Waals surface area contributed by atoms with Crippen LogP contribution in [0.5, 0.6) is 5.75 Å². The normalized spacial score (nSPS) is 10.9. The van der Waals surface area contributed by atoms with E-state index in [0.717, 1.165) is 33.7 Å². The predicted octanol–water partition coefficient (Wildman–Crippen LogP) is 5.85. The lowest BCUT2D eigenvalue weighted by Crippen LogP contribution is -2.02. The zero-order valence-corrected chi connectivity index (χ0v) is 17.6. The van der Waals surface area contributed by atoms with E-state index in [-0.39, 0.29) is 0 Å². The van der Waals surface area contributed by atoms with Crippen LogP contribution in [0.3, 0.4) is 0 Å². The van der Waals surface area contributed by atoms with Crippen LogP contribution in [0, 0.1) is 13.8 Å². The second kappa shape index (κ2) is 8.53. The molecule has 1 heterocycles. The average Bonchev–Trinajstić information content (AvgIpc) is 3.17. The van der Waals surface area contributed by atoms with E-state index in [1.165, 1.54) is 16.7 Å². The van der Waals surface area contributed by atoms with Gasteiger partial charge in [-0.2, -0.15) is 0 Å². The topological polar surface area (TPSA) is 39.9 Å². The molecule has 3 aromatic carbocycles. The van der Waals surface area contributed by atoms with Gasteiger partial charge in [-0.15, -0.1) is 10.2 Å². The summed E-state index contributed by atoms with van der Waals surface area (Å²) in [6.07, 6.45) is 0. The summed E-state index contributed by atoms with van der Waals surface area (Å²) in [5.41, 5.74) is 5.81. The fraction of sp³-hybridized carbons (Fsp3) is 0.167. The van der Waals surface area contributed by atoms with Crippen molar-refractivity contribution in [2.45, 2.75) is 24.8 Å². The SMILES string of the molecule is COc1ccc(-c2nnc(SCc3ccc(C)cc3)n2-c2ccccc2C)cc1. The second-order valence-corrected chi connectivity index (χ2v) is 7.87. The van der Waals surface area contributed by atoms with Crippen molar-refractivity contribution < 1.29 is 4.74 Å². The van der Waals surface area contributed by atoms with E-state index in [1.54, 1.807) is 18.9 Å². The van der Waals surface area contributed by atoms with Crippen LogP contribution in [0.1, 0.15) is 16.7 Å². The molecule has 4 rings (SSSR count). The predicted molar refractivity (Wildman–Crippen MR) is 119 cm³/mol. The maximum absolute atomic E-state index is 5.29. The monoisotopic (exact) mass is 401 g/mol. The summed E-state index contributed by atoms with van der Waals surface area (Å²) < 4.78 is 7.44. The Morgan fingerprint density at radius 3 is 2.28 bits per heavy atom. The number of aryl methyl sites for hydroxylation is 2. The van der Waals surface area contributed by atoms with E-state index in [0.29, 0.717) is 0 Å². The molecule has 0 atom stereocenters. The smallest absolute Gasteiger partial charge is 0.196 e. The van der Waals surface area contributed by atoms with Crippen LogP contribution < -0.4 is 4.74 Å². The fourth-order valence-corrected chi connectivity index (χ4v) is 4.05. The minimum Gasteiger partial charge on any atom is -0.497 e. The molecule has 0 aliphatic rings. The lowest BCUT2D eigenvalue weighted by molar-refractivity contribution is 0.415. The highest BCUT2D eigenvalue weighted by Crippen LogP contribution is 2.31. The number of hydrogen-bond acceptors (Lipinski definition) is 4. The molecule has 0 fully saturated rings. The minimum absolute atomic E-state index is 0.824. The lowest BCUT2D eigenvalue weighted by atomic mass is 10.1. The van der Waals surface area contributed by atoms with Crippen LogP contribution >= 0.6 is 11.8 Å². The van der Waals surface area contributed by atoms with Gasteiger partial charge in [0.1, 0.15) is 5.75 Å². The van der Waals surface area contributed by atoms with Gasteiger partial charge in [-0.1, -0.05) is 59.8 Å². The fourth-order valence-electron chi connectivity index (χ4n) is 3.15. The molecule has 0 radical (unpaired) electrons. The Hall–Kier alpha value is -3.05. The first-order valence-corrected chi connectivity index (χ1v) is 10.5. The van der Waals surface area contributed by atoms with Crippen molar-refractivity contribution in [2.75, 3.05) is 7.11 Å². The first-order chi connectivity index (χ1) is 14.2. The summed E-state index contributed by atoms with van der Waals surface area (Å²) in [5.74, 6) is 2.49. The van der Waals surface area contributed by atoms with E-state index >= 15 is 0 Å². The molecule has 0 saturated carbocycles. The standard InChI is InChI=1S/C24H23N3OS/c1-17-8-10-19(11-9-17)16-29-24-26-25-23(20-12-14-21(28-3)15-13-20)27(24)22-7-5-4-6-18(22)2/h4-15H,16H2,1-3H3. The number of para-hydroxylation sites is 1. The second-order valence-electron chi connectivity index (χ2n) is 6.93. The molecule has 0 aliphatic heterocycles. The Bertz CT molecular complexity index is 1100. The number of rotatable bonds is 6. The van der Waals surface area contributed by atoms with Crippen LogP contribution in [0.2, 0.25) is 0 Å². The molecule has 0 aliphatic carbocycles. The molecule has 146 valence electrons. The van der Waals surface area contributed by atoms with Crippen molar-refractivity contribution in [3.05, 3.63) is 89.5 Å². The molecule has 0 saturated heterocycles. The largest absolute Gasteiger partial charge is 0.497 e. The van der Waals surface area contributed by atoms with Crippen molar-refractivity contribution >= 4 is 11.8 Å². The first-order valence-electron chi connectivity index (χ1n) is 9.50. The van der Waals surface area contributed by atoms with Crippen LogP contribution in [0.4, 0.5) is 0 Å². The molecule has 0 N–H and O–H groups in total. The Balaban J connectivity index is 1.73. The van der Waals surface area contributed by atoms with Gasteiger partial charge in [-0.05, 0) is 55.3 Å². The van der Waals surface area contributed by atoms with E-state index in [4.69, 9.17) is 4.74 Å². The molecule has 0 amide bonds. The van der Waals surface area contributed by atoms with Gasteiger partial charge in [0, 0.05) is 11.3 Å². The Kier molecular flexibility index (Phi) is 5.67. The number of benzene rings is 3. The molecule has 0 spiro atoms. The van der Waals surface area contributed by atoms with Crippen molar-refractivity contribution in [2.24, 2.45) is 0 Å². The van der Waals surface area contributed by atoms with Gasteiger partial charge >= 0.3 is 0 Å². The van der Waals surface area contributed by atoms with Crippen molar-refractivity contribution in [3.8, 4) is 22.8 Å². The van der Waals surface area contributed by atoms with Gasteiger partial charge in [-0.3, -0.25) is 4.57 Å². The highest BCUT2D eigenvalue weighted by Gasteiger charge is 2.17. The molecule has 0 unspecified atom stereocenters. The number of nitrogens with zero attached hydrogens (tertiary/aromatic N) is 3. The van der Waals surface area contributed by atoms with Gasteiger partial charge in [0.25, 0.3) is 0 Å². The number of aromatic nitrogens is 3. The molecule has 5 heteroatoms. The third-order valence-corrected chi connectivity index (χ3v) is 5.83. The summed E-state index contributed by atoms with van der Waals surface area (Å²) in [4.78, 5) is 0. The first kappa shape index (κ1) is 19.3. The lowest BCUT2D eigenvalue weighted by Gasteiger charge is -2.13. The van der Waals surface area contributed by atoms with E-state index in [2.05, 4.69) is 77.1 Å². The minimum atomic E-state index is 0.824. The molecule has 0 bridgehead atoms. The van der Waals surface area contributed by atoms with Crippen molar-refractivity contribution in [1.29, 1.82) is 0 Å². The maximum Gasteiger partial charge on any atom is 0.196 e. The quantitative estimate of drug-likeness (QED) is 0.380. The number of thioether (sulfide) groups is 1. The zero-order valence-electron chi connectivity index (χ0n) is 16.8. The molecule has 4 aromatic rings. The number of ether oxygens (including phenoxy) is 1. The summed E-state index contributed by atoms with van der Waals surface area (Å²) in [7, 11) is 1.67. The number of methoxy groups -OCH3 is 1. The summed E-state index contributed by atoms with van der Waals surface area (Å²) >= 11 is 1.70. The van der Waals surface area contributed by atoms with Crippen molar-refractivity contribution in [1.82, 2.24) is 14.8 Å². The summed E-state index contributed by atoms with van der Waals surface area (Å²) in [5, 5.41) is 9.95. The maximum atomic E-state index is 5.29. The van der Waals surface area contributed by atoms with Gasteiger partial charge < -0.3 is 4.74 Å². The van der Waals surface area contributed by atoms with Crippen LogP contribution in [-0.4, -0.2) is 21.9 Å². The average molecular weight is 402 g/mol. The van der Waals surface area contributed by atoms with Gasteiger partial charge in [0.15, 0.2) is 11.0 Å². The molecule has 4 nitrogen and oxygen atoms in total. The van der Waals surface area contributed by atoms with Crippen LogP contribution in [-0.2, 0) is 5.75 Å². The Morgan fingerprint density at radius 2 is 1.59 bits per heavy atom. The molecular formula is C24H23N3OS. The van der Waals surface area contributed by atoms with Crippen LogP contribution in [0.25, 0.3) is 17.1 Å². The van der Waals surface area contributed by atoms with E-state index in [1.807, 2.05) is 24.3 Å². The van der Waals surface area contributed by atoms with Crippen LogP contribution in [0.15, 0.2) is 78.0 Å². The van der Waals surface area contributed by atoms with Crippen molar-refractivity contribution in [3.63, 3.8) is 0 Å². The molecular weight excluding hydrogens is 378 g/mol. The Morgan fingerprint density at radius 1 is 0.862 bits per heavy atom. The van der Waals surface area contributed by atoms with Gasteiger partial charge in [0.2, 0.25) is 0 Å². The molecule has 1 aromatic heterocycles. The third-order valence-electron chi connectivity index (χ3n) is 4.83. The highest BCUT2D eigenvalue weighted by molar-refractivity contribution is 7.98. The third kappa shape index (κ3) is 4.20. The molecule has 29 heavy (non-hydrogen) atoms. The zero-order chi connectivity index (χ0) is 20.2.